The van der Waals surface area contributed by atoms with Gasteiger partial charge >= 0.3 is 0 Å². The molecule has 22 heavy (non-hydrogen) atoms. The van der Waals surface area contributed by atoms with Crippen molar-refractivity contribution in [2.45, 2.75) is 12.5 Å². The Morgan fingerprint density at radius 3 is 2.77 bits per heavy atom. The van der Waals surface area contributed by atoms with Gasteiger partial charge in [0.2, 0.25) is 0 Å². The highest BCUT2D eigenvalue weighted by atomic mass is 16.2. The summed E-state index contributed by atoms with van der Waals surface area (Å²) in [5, 5.41) is 3.01. The van der Waals surface area contributed by atoms with E-state index in [2.05, 4.69) is 16.4 Å². The van der Waals surface area contributed by atoms with E-state index in [0.29, 0.717) is 0 Å². The maximum atomic E-state index is 13.0. The van der Waals surface area contributed by atoms with Crippen LogP contribution in [0, 0.1) is 6.92 Å². The third-order valence-electron chi connectivity index (χ3n) is 4.22. The van der Waals surface area contributed by atoms with Crippen LogP contribution in [0.4, 0.5) is 5.69 Å². The van der Waals surface area contributed by atoms with Crippen molar-refractivity contribution in [3.05, 3.63) is 83.9 Å². The van der Waals surface area contributed by atoms with Gasteiger partial charge in [-0.25, -0.2) is 4.98 Å². The van der Waals surface area contributed by atoms with Crippen molar-refractivity contribution in [1.82, 2.24) is 9.55 Å². The summed E-state index contributed by atoms with van der Waals surface area (Å²) in [5.74, 6) is -0.0581. The molecule has 1 unspecified atom stereocenters. The Morgan fingerprint density at radius 1 is 1.14 bits per heavy atom. The molecule has 0 radical (unpaired) electrons. The first-order chi connectivity index (χ1) is 10.7. The Labute approximate surface area is 128 Å². The molecule has 4 nitrogen and oxygen atoms in total. The second kappa shape index (κ2) is 4.56. The van der Waals surface area contributed by atoms with Crippen molar-refractivity contribution in [3.63, 3.8) is 0 Å². The molecule has 2 aromatic carbocycles. The minimum absolute atomic E-state index is 0.0581. The molecule has 4 rings (SSSR count). The number of carbonyl (C=O) groups is 1. The van der Waals surface area contributed by atoms with Crippen LogP contribution in [-0.4, -0.2) is 15.5 Å². The molecule has 0 bridgehead atoms. The number of hydrogen-bond donors (Lipinski definition) is 1. The Morgan fingerprint density at radius 2 is 2.00 bits per heavy atom. The van der Waals surface area contributed by atoms with Crippen molar-refractivity contribution >= 4 is 11.6 Å². The van der Waals surface area contributed by atoms with Gasteiger partial charge in [-0.2, -0.15) is 0 Å². The number of aryl methyl sites for hydroxylation is 1. The van der Waals surface area contributed by atoms with Gasteiger partial charge in [0.15, 0.2) is 5.54 Å². The molecule has 0 aliphatic carbocycles. The van der Waals surface area contributed by atoms with Gasteiger partial charge in [0.25, 0.3) is 5.91 Å². The number of hydrogen-bond acceptors (Lipinski definition) is 2. The van der Waals surface area contributed by atoms with E-state index >= 15 is 0 Å². The van der Waals surface area contributed by atoms with Crippen LogP contribution in [0.3, 0.4) is 0 Å². The number of nitrogens with zero attached hydrogens (tertiary/aromatic N) is 2. The molecule has 1 N–H and O–H groups in total. The van der Waals surface area contributed by atoms with Gasteiger partial charge < -0.3 is 9.88 Å². The van der Waals surface area contributed by atoms with Crippen LogP contribution in [0.2, 0.25) is 0 Å². The fraction of sp³-hybridized carbons (Fsp3) is 0.111. The lowest BCUT2D eigenvalue weighted by Crippen LogP contribution is -2.42. The number of imidazole rings is 1. The molecule has 1 aliphatic heterocycles. The maximum Gasteiger partial charge on any atom is 0.260 e. The number of amides is 1. The number of fused-ring (bicyclic) bond motifs is 1. The highest BCUT2D eigenvalue weighted by Gasteiger charge is 2.49. The minimum atomic E-state index is -0.904. The van der Waals surface area contributed by atoms with Crippen molar-refractivity contribution in [2.24, 2.45) is 0 Å². The second-order valence-corrected chi connectivity index (χ2v) is 5.55. The predicted molar refractivity (Wildman–Crippen MR) is 84.7 cm³/mol. The zero-order chi connectivity index (χ0) is 15.2. The molecule has 1 aliphatic rings. The Kier molecular flexibility index (Phi) is 2.66. The largest absolute Gasteiger partial charge is 0.323 e. The maximum absolute atomic E-state index is 13.0. The smallest absolute Gasteiger partial charge is 0.260 e. The Balaban J connectivity index is 2.09. The van der Waals surface area contributed by atoms with Crippen LogP contribution in [0.5, 0.6) is 0 Å². The average molecular weight is 289 g/mol. The highest BCUT2D eigenvalue weighted by Crippen LogP contribution is 2.43. The fourth-order valence-corrected chi connectivity index (χ4v) is 3.26. The van der Waals surface area contributed by atoms with Gasteiger partial charge in [-0.05, 0) is 18.6 Å². The van der Waals surface area contributed by atoms with Gasteiger partial charge in [-0.1, -0.05) is 48.0 Å². The second-order valence-electron chi connectivity index (χ2n) is 5.55. The molecular weight excluding hydrogens is 274 g/mol. The first-order valence-corrected chi connectivity index (χ1v) is 7.19. The zero-order valence-electron chi connectivity index (χ0n) is 12.2. The number of benzene rings is 2. The molecule has 0 fully saturated rings. The summed E-state index contributed by atoms with van der Waals surface area (Å²) < 4.78 is 1.88. The summed E-state index contributed by atoms with van der Waals surface area (Å²) in [4.78, 5) is 17.2. The molecule has 0 spiro atoms. The molecule has 1 aromatic heterocycles. The summed E-state index contributed by atoms with van der Waals surface area (Å²) in [6, 6.07) is 15.9. The number of nitrogens with one attached hydrogen (secondary N) is 1. The summed E-state index contributed by atoms with van der Waals surface area (Å²) in [6.07, 6.45) is 5.24. The van der Waals surface area contributed by atoms with Gasteiger partial charge in [0, 0.05) is 23.6 Å². The fourth-order valence-electron chi connectivity index (χ4n) is 3.26. The van der Waals surface area contributed by atoms with Crippen LogP contribution in [0.15, 0.2) is 67.3 Å². The van der Waals surface area contributed by atoms with Gasteiger partial charge in [0.1, 0.15) is 0 Å². The Hall–Kier alpha value is -2.88. The summed E-state index contributed by atoms with van der Waals surface area (Å²) in [7, 11) is 0. The summed E-state index contributed by atoms with van der Waals surface area (Å²) in [6.45, 7) is 2.03. The van der Waals surface area contributed by atoms with E-state index in [0.717, 1.165) is 22.4 Å². The van der Waals surface area contributed by atoms with Crippen molar-refractivity contribution in [3.8, 4) is 0 Å². The van der Waals surface area contributed by atoms with Gasteiger partial charge in [0.05, 0.1) is 6.33 Å². The zero-order valence-corrected chi connectivity index (χ0v) is 12.2. The normalized spacial score (nSPS) is 19.8. The third kappa shape index (κ3) is 1.58. The molecule has 0 saturated carbocycles. The first kappa shape index (κ1) is 12.8. The van der Waals surface area contributed by atoms with Crippen molar-refractivity contribution < 1.29 is 4.79 Å². The standard InChI is InChI=1S/C18H15N3O/c1-13-5-4-6-14(11-13)18(21-10-9-19-12-21)15-7-2-3-8-16(15)20-17(18)22/h2-12H,1H3,(H,20,22). The first-order valence-electron chi connectivity index (χ1n) is 7.19. The molecule has 1 amide bonds. The van der Waals surface area contributed by atoms with Crippen LogP contribution in [0.1, 0.15) is 16.7 Å². The lowest BCUT2D eigenvalue weighted by Gasteiger charge is -2.30. The number of anilines is 1. The topological polar surface area (TPSA) is 46.9 Å². The molecule has 108 valence electrons. The Bertz CT molecular complexity index is 854. The quantitative estimate of drug-likeness (QED) is 0.788. The van der Waals surface area contributed by atoms with E-state index < -0.39 is 5.54 Å². The minimum Gasteiger partial charge on any atom is -0.323 e. The van der Waals surface area contributed by atoms with E-state index in [9.17, 15) is 4.79 Å². The van der Waals surface area contributed by atoms with Crippen molar-refractivity contribution in [2.75, 3.05) is 5.32 Å². The molecule has 2 heterocycles. The van der Waals surface area contributed by atoms with E-state index in [-0.39, 0.29) is 5.91 Å². The SMILES string of the molecule is Cc1cccc(C2(n3ccnc3)C(=O)Nc3ccccc32)c1. The third-order valence-corrected chi connectivity index (χ3v) is 4.22. The van der Waals surface area contributed by atoms with Crippen LogP contribution in [-0.2, 0) is 10.3 Å². The molecule has 4 heteroatoms. The average Bonchev–Trinajstić information content (AvgIpc) is 3.13. The molecule has 1 atom stereocenters. The van der Waals surface area contributed by atoms with Gasteiger partial charge in [-0.15, -0.1) is 0 Å². The number of rotatable bonds is 2. The van der Waals surface area contributed by atoms with E-state index in [1.807, 2.05) is 60.2 Å². The summed E-state index contributed by atoms with van der Waals surface area (Å²) >= 11 is 0. The van der Waals surface area contributed by atoms with E-state index in [1.54, 1.807) is 12.5 Å². The van der Waals surface area contributed by atoms with Crippen molar-refractivity contribution in [1.29, 1.82) is 0 Å². The van der Waals surface area contributed by atoms with Crippen LogP contribution < -0.4 is 5.32 Å². The molecular formula is C18H15N3O. The number of carbonyl (C=O) groups excluding carboxylic acids is 1. The monoisotopic (exact) mass is 289 g/mol. The lowest BCUT2D eigenvalue weighted by atomic mass is 9.83. The van der Waals surface area contributed by atoms with Crippen LogP contribution in [0.25, 0.3) is 0 Å². The summed E-state index contributed by atoms with van der Waals surface area (Å²) in [5.41, 5.74) is 2.95. The van der Waals surface area contributed by atoms with E-state index in [1.165, 1.54) is 0 Å². The molecule has 3 aromatic rings. The number of aromatic nitrogens is 2. The lowest BCUT2D eigenvalue weighted by molar-refractivity contribution is -0.120. The highest BCUT2D eigenvalue weighted by molar-refractivity contribution is 6.08. The molecule has 0 saturated heterocycles. The number of para-hydroxylation sites is 1. The predicted octanol–water partition coefficient (Wildman–Crippen LogP) is 2.94. The van der Waals surface area contributed by atoms with E-state index in [4.69, 9.17) is 0 Å². The van der Waals surface area contributed by atoms with Gasteiger partial charge in [-0.3, -0.25) is 4.79 Å². The van der Waals surface area contributed by atoms with Crippen LogP contribution >= 0.6 is 0 Å².